The van der Waals surface area contributed by atoms with Crippen molar-refractivity contribution in [2.24, 2.45) is 0 Å². The lowest BCUT2D eigenvalue weighted by atomic mass is 10.1. The van der Waals surface area contributed by atoms with Gasteiger partial charge in [-0.2, -0.15) is 11.3 Å². The molecule has 0 saturated carbocycles. The molecule has 1 amide bonds. The number of hydrogen-bond donors (Lipinski definition) is 1. The van der Waals surface area contributed by atoms with Crippen LogP contribution in [0.15, 0.2) is 69.8 Å². The van der Waals surface area contributed by atoms with Crippen LogP contribution < -0.4 is 5.32 Å². The molecule has 2 heterocycles. The van der Waals surface area contributed by atoms with Crippen molar-refractivity contribution < 1.29 is 13.6 Å². The van der Waals surface area contributed by atoms with Crippen LogP contribution in [0.25, 0.3) is 22.6 Å². The molecule has 0 radical (unpaired) electrons. The number of carbonyl (C=O) groups excluding carboxylic acids is 1. The van der Waals surface area contributed by atoms with Gasteiger partial charge in [-0.1, -0.05) is 18.2 Å². The van der Waals surface area contributed by atoms with Gasteiger partial charge in [-0.05, 0) is 58.3 Å². The lowest BCUT2D eigenvalue weighted by Crippen LogP contribution is -2.12. The highest BCUT2D eigenvalue weighted by Gasteiger charge is 2.16. The molecule has 0 aliphatic heterocycles. The Hall–Kier alpha value is -3.32. The van der Waals surface area contributed by atoms with Crippen molar-refractivity contribution >= 4 is 22.9 Å². The normalized spacial score (nSPS) is 10.7. The van der Waals surface area contributed by atoms with Crippen molar-refractivity contribution in [3.8, 4) is 22.6 Å². The predicted molar refractivity (Wildman–Crippen MR) is 97.4 cm³/mol. The second-order valence-corrected chi connectivity index (χ2v) is 6.25. The topological polar surface area (TPSA) is 68.0 Å². The maximum Gasteiger partial charge on any atom is 0.313 e. The summed E-state index contributed by atoms with van der Waals surface area (Å²) >= 11 is 1.61. The van der Waals surface area contributed by atoms with E-state index in [1.54, 1.807) is 17.4 Å². The zero-order valence-corrected chi connectivity index (χ0v) is 14.2. The molecule has 0 aliphatic rings. The van der Waals surface area contributed by atoms with Crippen LogP contribution >= 0.6 is 11.3 Å². The molecule has 0 fully saturated rings. The predicted octanol–water partition coefficient (Wildman–Crippen LogP) is 4.86. The standard InChI is InChI=1S/C19H12FN3O2S/c20-15-5-2-6-16(10-15)21-17(24)19-23-22-18(25-19)13-4-1-3-12(9-13)14-7-8-26-11-14/h1-11H,(H,21,24). The smallest absolute Gasteiger partial charge is 0.313 e. The number of amides is 1. The lowest BCUT2D eigenvalue weighted by Gasteiger charge is -2.02. The van der Waals surface area contributed by atoms with Crippen molar-refractivity contribution in [1.82, 2.24) is 10.2 Å². The van der Waals surface area contributed by atoms with E-state index in [1.165, 1.54) is 18.2 Å². The number of carbonyl (C=O) groups is 1. The van der Waals surface area contributed by atoms with E-state index >= 15 is 0 Å². The van der Waals surface area contributed by atoms with Crippen LogP contribution in [0, 0.1) is 5.82 Å². The summed E-state index contributed by atoms with van der Waals surface area (Å²) in [6.07, 6.45) is 0. The maximum absolute atomic E-state index is 13.2. The van der Waals surface area contributed by atoms with Gasteiger partial charge in [0.05, 0.1) is 0 Å². The highest BCUT2D eigenvalue weighted by atomic mass is 32.1. The summed E-state index contributed by atoms with van der Waals surface area (Å²) in [6, 6.07) is 15.2. The van der Waals surface area contributed by atoms with Crippen LogP contribution in [0.2, 0.25) is 0 Å². The van der Waals surface area contributed by atoms with Gasteiger partial charge in [0.2, 0.25) is 5.89 Å². The molecule has 1 N–H and O–H groups in total. The van der Waals surface area contributed by atoms with Gasteiger partial charge in [-0.3, -0.25) is 4.79 Å². The van der Waals surface area contributed by atoms with E-state index in [2.05, 4.69) is 15.5 Å². The summed E-state index contributed by atoms with van der Waals surface area (Å²) in [5.41, 5.74) is 3.15. The molecule has 26 heavy (non-hydrogen) atoms. The molecule has 4 aromatic rings. The third-order valence-electron chi connectivity index (χ3n) is 3.67. The first kappa shape index (κ1) is 16.2. The fraction of sp³-hybridized carbons (Fsp3) is 0. The Balaban J connectivity index is 1.56. The van der Waals surface area contributed by atoms with Crippen molar-refractivity contribution in [3.63, 3.8) is 0 Å². The maximum atomic E-state index is 13.2. The van der Waals surface area contributed by atoms with Gasteiger partial charge in [0.25, 0.3) is 0 Å². The third kappa shape index (κ3) is 3.38. The SMILES string of the molecule is O=C(Nc1cccc(F)c1)c1nnc(-c2cccc(-c3ccsc3)c2)o1. The molecule has 2 aromatic heterocycles. The molecule has 2 aromatic carbocycles. The Kier molecular flexibility index (Phi) is 4.28. The van der Waals surface area contributed by atoms with Crippen LogP contribution in [0.1, 0.15) is 10.7 Å². The third-order valence-corrected chi connectivity index (χ3v) is 4.35. The monoisotopic (exact) mass is 365 g/mol. The minimum absolute atomic E-state index is 0.190. The first-order chi connectivity index (χ1) is 12.7. The molecule has 0 aliphatic carbocycles. The number of nitrogens with zero attached hydrogens (tertiary/aromatic N) is 2. The highest BCUT2D eigenvalue weighted by molar-refractivity contribution is 7.08. The zero-order valence-electron chi connectivity index (χ0n) is 13.3. The van der Waals surface area contributed by atoms with Gasteiger partial charge in [0, 0.05) is 11.3 Å². The van der Waals surface area contributed by atoms with E-state index < -0.39 is 11.7 Å². The van der Waals surface area contributed by atoms with E-state index in [0.29, 0.717) is 11.3 Å². The summed E-state index contributed by atoms with van der Waals surface area (Å²) in [5.74, 6) is -0.987. The summed E-state index contributed by atoms with van der Waals surface area (Å²) < 4.78 is 18.7. The largest absolute Gasteiger partial charge is 0.412 e. The fourth-order valence-electron chi connectivity index (χ4n) is 2.44. The number of nitrogens with one attached hydrogen (secondary N) is 1. The second kappa shape index (κ2) is 6.89. The van der Waals surface area contributed by atoms with Crippen LogP contribution in [0.4, 0.5) is 10.1 Å². The second-order valence-electron chi connectivity index (χ2n) is 5.47. The summed E-state index contributed by atoms with van der Waals surface area (Å²) in [7, 11) is 0. The Morgan fingerprint density at radius 2 is 1.85 bits per heavy atom. The van der Waals surface area contributed by atoms with Gasteiger partial charge in [-0.25, -0.2) is 4.39 Å². The van der Waals surface area contributed by atoms with Gasteiger partial charge in [0.15, 0.2) is 0 Å². The summed E-state index contributed by atoms with van der Waals surface area (Å²) in [5, 5.41) is 14.3. The molecule has 0 unspecified atom stereocenters. The van der Waals surface area contributed by atoms with Gasteiger partial charge in [-0.15, -0.1) is 10.2 Å². The van der Waals surface area contributed by atoms with E-state index in [4.69, 9.17) is 4.42 Å². The minimum atomic E-state index is -0.594. The number of benzene rings is 2. The van der Waals surface area contributed by atoms with E-state index in [1.807, 2.05) is 41.1 Å². The molecule has 128 valence electrons. The van der Waals surface area contributed by atoms with Crippen molar-refractivity contribution in [3.05, 3.63) is 77.1 Å². The quantitative estimate of drug-likeness (QED) is 0.561. The first-order valence-electron chi connectivity index (χ1n) is 7.72. The van der Waals surface area contributed by atoms with Crippen LogP contribution in [-0.2, 0) is 0 Å². The Labute approximate surface area is 152 Å². The van der Waals surface area contributed by atoms with Gasteiger partial charge in [0.1, 0.15) is 5.82 Å². The molecule has 0 atom stereocenters. The van der Waals surface area contributed by atoms with Gasteiger partial charge < -0.3 is 9.73 Å². The fourth-order valence-corrected chi connectivity index (χ4v) is 3.11. The zero-order chi connectivity index (χ0) is 17.9. The molecule has 7 heteroatoms. The molecular formula is C19H12FN3O2S. The van der Waals surface area contributed by atoms with E-state index in [0.717, 1.165) is 11.1 Å². The number of rotatable bonds is 4. The van der Waals surface area contributed by atoms with Crippen LogP contribution in [-0.4, -0.2) is 16.1 Å². The summed E-state index contributed by atoms with van der Waals surface area (Å²) in [4.78, 5) is 12.2. The number of anilines is 1. The minimum Gasteiger partial charge on any atom is -0.412 e. The van der Waals surface area contributed by atoms with Crippen molar-refractivity contribution in [2.45, 2.75) is 0 Å². The average Bonchev–Trinajstić information content (AvgIpc) is 3.34. The first-order valence-corrected chi connectivity index (χ1v) is 8.67. The molecule has 4 rings (SSSR count). The number of hydrogen-bond acceptors (Lipinski definition) is 5. The molecule has 0 saturated heterocycles. The number of thiophene rings is 1. The van der Waals surface area contributed by atoms with Crippen molar-refractivity contribution in [1.29, 1.82) is 0 Å². The Morgan fingerprint density at radius 3 is 2.65 bits per heavy atom. The van der Waals surface area contributed by atoms with Crippen molar-refractivity contribution in [2.75, 3.05) is 5.32 Å². The Bertz CT molecular complexity index is 1060. The molecule has 5 nitrogen and oxygen atoms in total. The highest BCUT2D eigenvalue weighted by Crippen LogP contribution is 2.27. The van der Waals surface area contributed by atoms with E-state index in [-0.39, 0.29) is 11.8 Å². The molecule has 0 spiro atoms. The van der Waals surface area contributed by atoms with Gasteiger partial charge >= 0.3 is 11.8 Å². The summed E-state index contributed by atoms with van der Waals surface area (Å²) in [6.45, 7) is 0. The van der Waals surface area contributed by atoms with E-state index in [9.17, 15) is 9.18 Å². The molecule has 0 bridgehead atoms. The van der Waals surface area contributed by atoms with Crippen LogP contribution in [0.5, 0.6) is 0 Å². The lowest BCUT2D eigenvalue weighted by molar-refractivity contribution is 0.0991. The van der Waals surface area contributed by atoms with Crippen LogP contribution in [0.3, 0.4) is 0 Å². The average molecular weight is 365 g/mol. The Morgan fingerprint density at radius 1 is 1.00 bits per heavy atom. The molecular weight excluding hydrogens is 353 g/mol. The number of halogens is 1. The number of aromatic nitrogens is 2.